The Morgan fingerprint density at radius 1 is 1.40 bits per heavy atom. The lowest BCUT2D eigenvalue weighted by Crippen LogP contribution is -2.13. The number of aliphatic hydroxyl groups is 1. The van der Waals surface area contributed by atoms with E-state index in [0.717, 1.165) is 0 Å². The van der Waals surface area contributed by atoms with Gasteiger partial charge < -0.3 is 14.7 Å². The average Bonchev–Trinajstić information content (AvgIpc) is 2.57. The van der Waals surface area contributed by atoms with Crippen molar-refractivity contribution in [3.05, 3.63) is 29.8 Å². The molecule has 78 valence electrons. The molecule has 1 aliphatic heterocycles. The second-order valence-electron chi connectivity index (χ2n) is 2.88. The molecule has 0 aromatic heterocycles. The van der Waals surface area contributed by atoms with Crippen molar-refractivity contribution in [2.45, 2.75) is 0 Å². The van der Waals surface area contributed by atoms with Gasteiger partial charge in [-0.05, 0) is 17.3 Å². The first-order valence-electron chi connectivity index (χ1n) is 4.45. The molecule has 0 unspecified atom stereocenters. The summed E-state index contributed by atoms with van der Waals surface area (Å²) in [6, 6.07) is 6.86. The third-order valence-electron chi connectivity index (χ3n) is 1.86. The van der Waals surface area contributed by atoms with Gasteiger partial charge in [-0.2, -0.15) is 0 Å². The molecular weight excluding hydrogens is 198 g/mol. The minimum absolute atomic E-state index is 0.0382. The van der Waals surface area contributed by atoms with Crippen molar-refractivity contribution in [3.63, 3.8) is 0 Å². The van der Waals surface area contributed by atoms with Gasteiger partial charge in [0.25, 0.3) is 5.78 Å². The van der Waals surface area contributed by atoms with Gasteiger partial charge >= 0.3 is 5.90 Å². The van der Waals surface area contributed by atoms with Crippen LogP contribution in [0.15, 0.2) is 29.4 Å². The van der Waals surface area contributed by atoms with Crippen molar-refractivity contribution >= 4 is 11.7 Å². The predicted molar refractivity (Wildman–Crippen MR) is 51.9 cm³/mol. The van der Waals surface area contributed by atoms with Crippen LogP contribution in [0.1, 0.15) is 10.4 Å². The van der Waals surface area contributed by atoms with Gasteiger partial charge in [-0.15, -0.1) is 0 Å². The van der Waals surface area contributed by atoms with Gasteiger partial charge in [0.05, 0.1) is 12.2 Å². The highest BCUT2D eigenvalue weighted by molar-refractivity contribution is 6.46. The molecule has 1 aromatic rings. The van der Waals surface area contributed by atoms with Crippen molar-refractivity contribution in [2.24, 2.45) is 5.16 Å². The minimum Gasteiger partial charge on any atom is -0.433 e. The Morgan fingerprint density at radius 3 is 2.93 bits per heavy atom. The van der Waals surface area contributed by atoms with Crippen LogP contribution in [-0.2, 0) is 4.84 Å². The Labute approximate surface area is 85.9 Å². The quantitative estimate of drug-likeness (QED) is 0.581. The normalized spacial score (nSPS) is 16.3. The topological polar surface area (TPSA) is 68.1 Å². The third kappa shape index (κ3) is 1.82. The highest BCUT2D eigenvalue weighted by atomic mass is 16.7. The molecule has 0 radical (unpaired) electrons. The first-order valence-corrected chi connectivity index (χ1v) is 4.45. The fourth-order valence-corrected chi connectivity index (χ4v) is 1.21. The van der Waals surface area contributed by atoms with E-state index in [2.05, 4.69) is 9.99 Å². The molecule has 0 fully saturated rings. The van der Waals surface area contributed by atoms with Crippen LogP contribution >= 0.6 is 0 Å². The largest absolute Gasteiger partial charge is 0.433 e. The summed E-state index contributed by atoms with van der Waals surface area (Å²) in [4.78, 5) is 16.3. The number of oxime groups is 1. The van der Waals surface area contributed by atoms with Gasteiger partial charge in [-0.1, -0.05) is 12.1 Å². The molecule has 0 saturated heterocycles. The molecule has 1 heterocycles. The molecule has 0 amide bonds. The average molecular weight is 207 g/mol. The van der Waals surface area contributed by atoms with E-state index in [4.69, 9.17) is 9.84 Å². The Morgan fingerprint density at radius 2 is 2.20 bits per heavy atom. The summed E-state index contributed by atoms with van der Waals surface area (Å²) in [6.07, 6.45) is 0. The Kier molecular flexibility index (Phi) is 2.64. The van der Waals surface area contributed by atoms with Crippen LogP contribution in [0.3, 0.4) is 0 Å². The van der Waals surface area contributed by atoms with Crippen molar-refractivity contribution in [1.29, 1.82) is 0 Å². The second kappa shape index (κ2) is 4.10. The summed E-state index contributed by atoms with van der Waals surface area (Å²) in [6.45, 7) is -0.117. The van der Waals surface area contributed by atoms with E-state index < -0.39 is 0 Å². The van der Waals surface area contributed by atoms with Crippen molar-refractivity contribution in [3.8, 4) is 5.75 Å². The number of ketones is 1. The van der Waals surface area contributed by atoms with E-state index in [9.17, 15) is 4.79 Å². The maximum absolute atomic E-state index is 11.6. The molecule has 0 saturated carbocycles. The minimum atomic E-state index is -0.302. The van der Waals surface area contributed by atoms with Crippen molar-refractivity contribution < 1.29 is 19.5 Å². The third-order valence-corrected chi connectivity index (χ3v) is 1.86. The molecular formula is C10H9NO4. The lowest BCUT2D eigenvalue weighted by Gasteiger charge is -1.96. The predicted octanol–water partition coefficient (Wildman–Crippen LogP) is 0.584. The highest BCUT2D eigenvalue weighted by Crippen LogP contribution is 2.25. The van der Waals surface area contributed by atoms with E-state index in [-0.39, 0.29) is 24.9 Å². The van der Waals surface area contributed by atoms with Gasteiger partial charge in [-0.25, -0.2) is 0 Å². The van der Waals surface area contributed by atoms with E-state index in [1.165, 1.54) is 0 Å². The maximum Gasteiger partial charge on any atom is 0.304 e. The van der Waals surface area contributed by atoms with Crippen LogP contribution in [-0.4, -0.2) is 30.0 Å². The molecule has 0 spiro atoms. The van der Waals surface area contributed by atoms with E-state index in [0.29, 0.717) is 11.3 Å². The van der Waals surface area contributed by atoms with E-state index >= 15 is 0 Å². The molecule has 2 rings (SSSR count). The van der Waals surface area contributed by atoms with Crippen LogP contribution in [0.5, 0.6) is 5.75 Å². The molecule has 0 aliphatic carbocycles. The molecule has 5 heteroatoms. The number of benzene rings is 1. The van der Waals surface area contributed by atoms with Crippen LogP contribution in [0.25, 0.3) is 0 Å². The summed E-state index contributed by atoms with van der Waals surface area (Å²) >= 11 is 0. The van der Waals surface area contributed by atoms with Gasteiger partial charge in [0.2, 0.25) is 0 Å². The lowest BCUT2D eigenvalue weighted by molar-refractivity contribution is 0.0907. The van der Waals surface area contributed by atoms with Crippen molar-refractivity contribution in [2.75, 3.05) is 13.2 Å². The number of Topliss-reactive ketones (excluding diaryl/α,β-unsaturated/α-hetero) is 1. The number of hydrogen-bond donors (Lipinski definition) is 1. The van der Waals surface area contributed by atoms with Gasteiger partial charge in [0.15, 0.2) is 0 Å². The number of aliphatic hydroxyl groups excluding tert-OH is 1. The Bertz CT molecular complexity index is 414. The zero-order chi connectivity index (χ0) is 10.7. The van der Waals surface area contributed by atoms with Crippen LogP contribution < -0.4 is 4.74 Å². The molecule has 1 aromatic carbocycles. The highest BCUT2D eigenvalue weighted by Gasteiger charge is 2.29. The van der Waals surface area contributed by atoms with Gasteiger partial charge in [-0.3, -0.25) is 4.79 Å². The first kappa shape index (κ1) is 9.67. The van der Waals surface area contributed by atoms with Gasteiger partial charge in [0.1, 0.15) is 12.4 Å². The Hall–Kier alpha value is -1.88. The second-order valence-corrected chi connectivity index (χ2v) is 2.88. The number of carbonyl (C=O) groups is 1. The summed E-state index contributed by atoms with van der Waals surface area (Å²) in [5, 5.41) is 12.0. The van der Waals surface area contributed by atoms with E-state index in [1.54, 1.807) is 24.3 Å². The van der Waals surface area contributed by atoms with Gasteiger partial charge in [0, 0.05) is 0 Å². The number of para-hydroxylation sites is 1. The number of rotatable bonds is 3. The van der Waals surface area contributed by atoms with Crippen LogP contribution in [0, 0.1) is 0 Å². The zero-order valence-corrected chi connectivity index (χ0v) is 7.84. The number of carbonyl (C=O) groups excluding carboxylic acids is 1. The standard InChI is InChI=1S/C10H9NO4/c12-5-6-14-11-10-9(13)7-3-1-2-4-8(7)15-10/h1-4,12H,5-6H2/b11-10+. The fraction of sp³-hybridized carbons (Fsp3) is 0.200. The SMILES string of the molecule is O=C1/C(=N\OCCO)Oc2ccccc21. The van der Waals surface area contributed by atoms with Crippen molar-refractivity contribution in [1.82, 2.24) is 0 Å². The smallest absolute Gasteiger partial charge is 0.304 e. The maximum atomic E-state index is 11.6. The fourth-order valence-electron chi connectivity index (χ4n) is 1.21. The molecule has 1 N–H and O–H groups in total. The molecule has 15 heavy (non-hydrogen) atoms. The summed E-state index contributed by atoms with van der Waals surface area (Å²) in [5.74, 6) is 0.0852. The lowest BCUT2D eigenvalue weighted by atomic mass is 10.1. The Balaban J connectivity index is 2.16. The van der Waals surface area contributed by atoms with E-state index in [1.807, 2.05) is 0 Å². The van der Waals surface area contributed by atoms with Crippen LogP contribution in [0.2, 0.25) is 0 Å². The number of ether oxygens (including phenoxy) is 1. The number of nitrogens with zero attached hydrogens (tertiary/aromatic N) is 1. The summed E-state index contributed by atoms with van der Waals surface area (Å²) in [5.41, 5.74) is 0.476. The molecule has 0 atom stereocenters. The summed E-state index contributed by atoms with van der Waals surface area (Å²) < 4.78 is 5.16. The first-order chi connectivity index (χ1) is 7.33. The molecule has 5 nitrogen and oxygen atoms in total. The number of fused-ring (bicyclic) bond motifs is 1. The summed E-state index contributed by atoms with van der Waals surface area (Å²) in [7, 11) is 0. The number of hydrogen-bond acceptors (Lipinski definition) is 5. The molecule has 0 bridgehead atoms. The zero-order valence-electron chi connectivity index (χ0n) is 7.84. The monoisotopic (exact) mass is 207 g/mol. The van der Waals surface area contributed by atoms with Crippen LogP contribution in [0.4, 0.5) is 0 Å². The molecule has 1 aliphatic rings.